The van der Waals surface area contributed by atoms with E-state index in [-0.39, 0.29) is 0 Å². The zero-order valence-corrected chi connectivity index (χ0v) is 14.6. The highest BCUT2D eigenvalue weighted by atomic mass is 15.3. The van der Waals surface area contributed by atoms with Crippen molar-refractivity contribution in [2.45, 2.75) is 0 Å². The third-order valence-electron chi connectivity index (χ3n) is 4.84. The van der Waals surface area contributed by atoms with Crippen LogP contribution in [0.4, 0.5) is 5.95 Å². The van der Waals surface area contributed by atoms with Crippen LogP contribution in [-0.2, 0) is 7.05 Å². The molecule has 7 nitrogen and oxygen atoms in total. The number of anilines is 1. The Bertz CT molecular complexity index is 1100. The zero-order valence-electron chi connectivity index (χ0n) is 14.6. The second-order valence-corrected chi connectivity index (χ2v) is 6.53. The topological polar surface area (TPSA) is 71.8 Å². The van der Waals surface area contributed by atoms with E-state index < -0.39 is 0 Å². The summed E-state index contributed by atoms with van der Waals surface area (Å²) in [5.74, 6) is 0.755. The van der Waals surface area contributed by atoms with Crippen LogP contribution < -0.4 is 10.2 Å². The molecule has 0 amide bonds. The quantitative estimate of drug-likeness (QED) is 0.599. The average Bonchev–Trinajstić information content (AvgIpc) is 3.08. The molecule has 4 aromatic rings. The molecule has 5 rings (SSSR count). The van der Waals surface area contributed by atoms with Crippen LogP contribution in [0.25, 0.3) is 33.2 Å². The molecule has 3 aromatic heterocycles. The third-order valence-corrected chi connectivity index (χ3v) is 4.84. The molecule has 26 heavy (non-hydrogen) atoms. The maximum Gasteiger partial charge on any atom is 0.228 e. The molecule has 1 saturated heterocycles. The number of rotatable bonds is 2. The van der Waals surface area contributed by atoms with E-state index in [1.165, 1.54) is 0 Å². The molecule has 0 bridgehead atoms. The first-order chi connectivity index (χ1) is 12.8. The van der Waals surface area contributed by atoms with Gasteiger partial charge in [-0.15, -0.1) is 0 Å². The summed E-state index contributed by atoms with van der Waals surface area (Å²) in [7, 11) is 1.92. The van der Waals surface area contributed by atoms with Gasteiger partial charge in [0.05, 0.1) is 22.8 Å². The van der Waals surface area contributed by atoms with E-state index in [4.69, 9.17) is 9.97 Å². The van der Waals surface area contributed by atoms with Gasteiger partial charge in [-0.25, -0.2) is 4.98 Å². The van der Waals surface area contributed by atoms with Crippen molar-refractivity contribution in [3.8, 4) is 11.3 Å². The molecule has 0 atom stereocenters. The molecule has 0 aliphatic carbocycles. The maximum atomic E-state index is 4.91. The first-order valence-corrected chi connectivity index (χ1v) is 8.80. The van der Waals surface area contributed by atoms with Crippen LogP contribution in [0, 0.1) is 0 Å². The van der Waals surface area contributed by atoms with Gasteiger partial charge in [0.1, 0.15) is 0 Å². The molecule has 1 aromatic carbocycles. The highest BCUT2D eigenvalue weighted by molar-refractivity contribution is 5.93. The number of aromatic nitrogens is 5. The summed E-state index contributed by atoms with van der Waals surface area (Å²) in [5.41, 5.74) is 3.70. The van der Waals surface area contributed by atoms with Crippen LogP contribution in [0.1, 0.15) is 0 Å². The Labute approximate surface area is 150 Å². The van der Waals surface area contributed by atoms with Gasteiger partial charge in [-0.05, 0) is 12.1 Å². The van der Waals surface area contributed by atoms with E-state index in [2.05, 4.69) is 32.4 Å². The molecule has 0 unspecified atom stereocenters. The van der Waals surface area contributed by atoms with Crippen LogP contribution in [0.5, 0.6) is 0 Å². The number of pyridine rings is 1. The third kappa shape index (κ3) is 2.48. The fourth-order valence-corrected chi connectivity index (χ4v) is 3.44. The molecule has 1 N–H and O–H groups in total. The predicted molar refractivity (Wildman–Crippen MR) is 102 cm³/mol. The number of benzene rings is 1. The SMILES string of the molecule is Cn1ncc2c(-c3cnc4ccccc4c3)nc(N3CCNCC3)nc21. The van der Waals surface area contributed by atoms with E-state index in [1.54, 1.807) is 4.68 Å². The van der Waals surface area contributed by atoms with Gasteiger partial charge in [-0.3, -0.25) is 9.67 Å². The van der Waals surface area contributed by atoms with Crippen LogP contribution in [0.2, 0.25) is 0 Å². The Morgan fingerprint density at radius 2 is 1.88 bits per heavy atom. The van der Waals surface area contributed by atoms with Gasteiger partial charge in [0.25, 0.3) is 0 Å². The van der Waals surface area contributed by atoms with Gasteiger partial charge in [0, 0.05) is 50.4 Å². The van der Waals surface area contributed by atoms with Crippen LogP contribution in [0.3, 0.4) is 0 Å². The fraction of sp³-hybridized carbons (Fsp3) is 0.263. The minimum Gasteiger partial charge on any atom is -0.338 e. The standard InChI is InChI=1S/C19H19N7/c1-25-18-15(12-22-25)17(23-19(24-18)26-8-6-20-7-9-26)14-10-13-4-2-3-5-16(13)21-11-14/h2-5,10-12,20H,6-9H2,1H3. The van der Waals surface area contributed by atoms with Crippen LogP contribution in [-0.4, -0.2) is 50.9 Å². The van der Waals surface area contributed by atoms with Crippen molar-refractivity contribution in [3.05, 3.63) is 42.7 Å². The molecule has 0 spiro atoms. The molecule has 1 fully saturated rings. The Morgan fingerprint density at radius 3 is 2.77 bits per heavy atom. The van der Waals surface area contributed by atoms with Crippen molar-refractivity contribution in [2.24, 2.45) is 7.05 Å². The van der Waals surface area contributed by atoms with Gasteiger partial charge in [-0.1, -0.05) is 18.2 Å². The largest absolute Gasteiger partial charge is 0.338 e. The minimum absolute atomic E-state index is 0.755. The van der Waals surface area contributed by atoms with E-state index in [0.717, 1.165) is 65.3 Å². The summed E-state index contributed by atoms with van der Waals surface area (Å²) in [6.07, 6.45) is 3.72. The Kier molecular flexibility index (Phi) is 3.53. The lowest BCUT2D eigenvalue weighted by Crippen LogP contribution is -2.44. The van der Waals surface area contributed by atoms with E-state index in [1.807, 2.05) is 37.6 Å². The molecule has 1 aliphatic heterocycles. The van der Waals surface area contributed by atoms with Crippen molar-refractivity contribution >= 4 is 27.9 Å². The van der Waals surface area contributed by atoms with Gasteiger partial charge in [-0.2, -0.15) is 10.1 Å². The summed E-state index contributed by atoms with van der Waals surface area (Å²) in [6, 6.07) is 10.3. The number of nitrogens with one attached hydrogen (secondary N) is 1. The van der Waals surface area contributed by atoms with Crippen molar-refractivity contribution < 1.29 is 0 Å². The van der Waals surface area contributed by atoms with E-state index >= 15 is 0 Å². The highest BCUT2D eigenvalue weighted by Gasteiger charge is 2.19. The minimum atomic E-state index is 0.755. The first-order valence-electron chi connectivity index (χ1n) is 8.80. The molecule has 0 radical (unpaired) electrons. The maximum absolute atomic E-state index is 4.91. The van der Waals surface area contributed by atoms with Crippen molar-refractivity contribution in [2.75, 3.05) is 31.1 Å². The number of fused-ring (bicyclic) bond motifs is 2. The lowest BCUT2D eigenvalue weighted by Gasteiger charge is -2.27. The first kappa shape index (κ1) is 15.2. The molecular formula is C19H19N7. The lowest BCUT2D eigenvalue weighted by molar-refractivity contribution is 0.580. The zero-order chi connectivity index (χ0) is 17.5. The van der Waals surface area contributed by atoms with E-state index in [0.29, 0.717) is 0 Å². The molecular weight excluding hydrogens is 326 g/mol. The Balaban J connectivity index is 1.71. The highest BCUT2D eigenvalue weighted by Crippen LogP contribution is 2.29. The second kappa shape index (κ2) is 6.03. The molecule has 7 heteroatoms. The fourth-order valence-electron chi connectivity index (χ4n) is 3.44. The van der Waals surface area contributed by atoms with Gasteiger partial charge in [0.2, 0.25) is 5.95 Å². The number of hydrogen-bond donors (Lipinski definition) is 1. The summed E-state index contributed by atoms with van der Waals surface area (Å²) in [4.78, 5) is 16.5. The molecule has 130 valence electrons. The normalized spacial score (nSPS) is 15.0. The monoisotopic (exact) mass is 345 g/mol. The summed E-state index contributed by atoms with van der Waals surface area (Å²) < 4.78 is 1.81. The van der Waals surface area contributed by atoms with Gasteiger partial charge < -0.3 is 10.2 Å². The Morgan fingerprint density at radius 1 is 1.04 bits per heavy atom. The molecule has 4 heterocycles. The number of nitrogens with zero attached hydrogens (tertiary/aromatic N) is 6. The molecule has 0 saturated carbocycles. The van der Waals surface area contributed by atoms with Gasteiger partial charge >= 0.3 is 0 Å². The number of piperazine rings is 1. The van der Waals surface area contributed by atoms with Crippen molar-refractivity contribution in [1.29, 1.82) is 0 Å². The molecule has 1 aliphatic rings. The summed E-state index contributed by atoms with van der Waals surface area (Å²) in [6.45, 7) is 3.69. The number of hydrogen-bond acceptors (Lipinski definition) is 6. The van der Waals surface area contributed by atoms with Crippen LogP contribution >= 0.6 is 0 Å². The van der Waals surface area contributed by atoms with Crippen molar-refractivity contribution in [1.82, 2.24) is 30.0 Å². The van der Waals surface area contributed by atoms with Crippen LogP contribution in [0.15, 0.2) is 42.7 Å². The second-order valence-electron chi connectivity index (χ2n) is 6.53. The van der Waals surface area contributed by atoms with Gasteiger partial charge in [0.15, 0.2) is 5.65 Å². The Hall–Kier alpha value is -3.06. The van der Waals surface area contributed by atoms with E-state index in [9.17, 15) is 0 Å². The smallest absolute Gasteiger partial charge is 0.228 e. The average molecular weight is 345 g/mol. The predicted octanol–water partition coefficient (Wildman–Crippen LogP) is 1.99. The lowest BCUT2D eigenvalue weighted by atomic mass is 10.1. The van der Waals surface area contributed by atoms with Crippen molar-refractivity contribution in [3.63, 3.8) is 0 Å². The summed E-state index contributed by atoms with van der Waals surface area (Å²) in [5, 5.41) is 9.81. The number of para-hydroxylation sites is 1. The summed E-state index contributed by atoms with van der Waals surface area (Å²) >= 11 is 0. The number of aryl methyl sites for hydroxylation is 1.